The van der Waals surface area contributed by atoms with Gasteiger partial charge >= 0.3 is 0 Å². The molecule has 2 aromatic carbocycles. The van der Waals surface area contributed by atoms with Crippen LogP contribution in [0.5, 0.6) is 0 Å². The molecule has 0 heterocycles. The van der Waals surface area contributed by atoms with Crippen LogP contribution in [0, 0.1) is 11.8 Å². The van der Waals surface area contributed by atoms with Crippen LogP contribution in [0.3, 0.4) is 0 Å². The zero-order chi connectivity index (χ0) is 16.3. The minimum absolute atomic E-state index is 0.270. The average molecular weight is 303 g/mol. The summed E-state index contributed by atoms with van der Waals surface area (Å²) < 4.78 is 0. The van der Waals surface area contributed by atoms with Gasteiger partial charge in [-0.3, -0.25) is 9.59 Å². The highest BCUT2D eigenvalue weighted by molar-refractivity contribution is 5.94. The normalized spacial score (nSPS) is 9.91. The topological polar surface area (TPSA) is 37.4 Å². The lowest BCUT2D eigenvalue weighted by Gasteiger charge is -2.18. The largest absolute Gasteiger partial charge is 0.324 e. The van der Waals surface area contributed by atoms with Gasteiger partial charge in [-0.05, 0) is 23.8 Å². The average Bonchev–Trinajstić information content (AvgIpc) is 2.61. The molecule has 23 heavy (non-hydrogen) atoms. The van der Waals surface area contributed by atoms with Crippen LogP contribution in [0.15, 0.2) is 72.8 Å². The van der Waals surface area contributed by atoms with Crippen molar-refractivity contribution < 1.29 is 9.59 Å². The van der Waals surface area contributed by atoms with Crippen molar-refractivity contribution in [2.75, 3.05) is 6.54 Å². The quantitative estimate of drug-likeness (QED) is 0.484. The molecule has 3 heteroatoms. The second-order valence-corrected chi connectivity index (χ2v) is 4.85. The van der Waals surface area contributed by atoms with E-state index < -0.39 is 0 Å². The fraction of sp³-hybridized carbons (Fsp3) is 0.100. The third-order valence-corrected chi connectivity index (χ3v) is 3.13. The standard InChI is InChI=1S/C20H17NO2/c22-16-8-7-15-21(17-19-11-5-2-6-12-19)20(23)14-13-18-9-3-1-4-10-18/h1-12,16H,15,17H2/b8-7+. The monoisotopic (exact) mass is 303 g/mol. The predicted molar refractivity (Wildman–Crippen MR) is 90.4 cm³/mol. The number of benzene rings is 2. The van der Waals surface area contributed by atoms with Crippen molar-refractivity contribution in [3.05, 3.63) is 83.9 Å². The summed E-state index contributed by atoms with van der Waals surface area (Å²) in [5.41, 5.74) is 1.81. The summed E-state index contributed by atoms with van der Waals surface area (Å²) in [5.74, 6) is 5.26. The van der Waals surface area contributed by atoms with Gasteiger partial charge in [0.2, 0.25) is 0 Å². The molecule has 0 saturated carbocycles. The van der Waals surface area contributed by atoms with Gasteiger partial charge < -0.3 is 4.90 Å². The molecule has 3 nitrogen and oxygen atoms in total. The highest BCUT2D eigenvalue weighted by Gasteiger charge is 2.10. The molecule has 1 amide bonds. The number of aldehydes is 1. The number of carbonyl (C=O) groups is 2. The van der Waals surface area contributed by atoms with Gasteiger partial charge in [-0.1, -0.05) is 60.5 Å². The number of allylic oxidation sites excluding steroid dienone is 1. The van der Waals surface area contributed by atoms with Crippen molar-refractivity contribution in [2.24, 2.45) is 0 Å². The number of carbonyl (C=O) groups excluding carboxylic acids is 2. The number of rotatable bonds is 5. The first kappa shape index (κ1) is 16.3. The van der Waals surface area contributed by atoms with Crippen LogP contribution in [0.4, 0.5) is 0 Å². The lowest BCUT2D eigenvalue weighted by atomic mass is 10.2. The molecule has 0 spiro atoms. The van der Waals surface area contributed by atoms with Gasteiger partial charge in [-0.2, -0.15) is 0 Å². The van der Waals surface area contributed by atoms with Gasteiger partial charge in [0.05, 0.1) is 0 Å². The highest BCUT2D eigenvalue weighted by atomic mass is 16.2. The number of hydrogen-bond acceptors (Lipinski definition) is 2. The minimum atomic E-state index is -0.270. The number of nitrogens with zero attached hydrogens (tertiary/aromatic N) is 1. The Hall–Kier alpha value is -3.12. The van der Waals surface area contributed by atoms with Gasteiger partial charge in [0.1, 0.15) is 6.29 Å². The van der Waals surface area contributed by atoms with E-state index in [4.69, 9.17) is 0 Å². The molecular formula is C20H17NO2. The van der Waals surface area contributed by atoms with E-state index in [2.05, 4.69) is 11.8 Å². The summed E-state index contributed by atoms with van der Waals surface area (Å²) in [7, 11) is 0. The first-order chi connectivity index (χ1) is 11.3. The van der Waals surface area contributed by atoms with Crippen LogP contribution in [-0.4, -0.2) is 23.6 Å². The van der Waals surface area contributed by atoms with E-state index in [0.29, 0.717) is 19.4 Å². The van der Waals surface area contributed by atoms with Crippen molar-refractivity contribution in [3.63, 3.8) is 0 Å². The molecule has 0 aromatic heterocycles. The lowest BCUT2D eigenvalue weighted by molar-refractivity contribution is -0.125. The van der Waals surface area contributed by atoms with Crippen LogP contribution in [-0.2, 0) is 16.1 Å². The van der Waals surface area contributed by atoms with Crippen LogP contribution >= 0.6 is 0 Å². The SMILES string of the molecule is O=C/C=C/CN(Cc1ccccc1)C(=O)C#Cc1ccccc1. The Morgan fingerprint density at radius 3 is 2.30 bits per heavy atom. The van der Waals surface area contributed by atoms with Gasteiger partial charge in [-0.15, -0.1) is 0 Å². The third-order valence-electron chi connectivity index (χ3n) is 3.13. The smallest absolute Gasteiger partial charge is 0.299 e. The number of hydrogen-bond donors (Lipinski definition) is 0. The Kier molecular flexibility index (Phi) is 6.37. The molecule has 0 radical (unpaired) electrons. The van der Waals surface area contributed by atoms with E-state index in [-0.39, 0.29) is 5.91 Å². The van der Waals surface area contributed by atoms with E-state index in [1.807, 2.05) is 60.7 Å². The maximum absolute atomic E-state index is 12.3. The summed E-state index contributed by atoms with van der Waals surface area (Å²) in [5, 5.41) is 0. The maximum atomic E-state index is 12.3. The molecule has 0 aliphatic heterocycles. The Labute approximate surface area is 136 Å². The van der Waals surface area contributed by atoms with Crippen molar-refractivity contribution in [1.29, 1.82) is 0 Å². The summed E-state index contributed by atoms with van der Waals surface area (Å²) >= 11 is 0. The molecule has 2 rings (SSSR count). The van der Waals surface area contributed by atoms with Crippen molar-refractivity contribution in [1.82, 2.24) is 4.90 Å². The van der Waals surface area contributed by atoms with E-state index in [9.17, 15) is 9.59 Å². The van der Waals surface area contributed by atoms with Crippen LogP contribution in [0.2, 0.25) is 0 Å². The zero-order valence-electron chi connectivity index (χ0n) is 12.7. The van der Waals surface area contributed by atoms with Gasteiger partial charge in [0.25, 0.3) is 5.91 Å². The minimum Gasteiger partial charge on any atom is -0.324 e. The second kappa shape index (κ2) is 9.01. The van der Waals surface area contributed by atoms with Crippen molar-refractivity contribution >= 4 is 12.2 Å². The Morgan fingerprint density at radius 2 is 1.65 bits per heavy atom. The first-order valence-corrected chi connectivity index (χ1v) is 7.30. The van der Waals surface area contributed by atoms with Crippen LogP contribution in [0.1, 0.15) is 11.1 Å². The van der Waals surface area contributed by atoms with E-state index in [1.165, 1.54) is 6.08 Å². The van der Waals surface area contributed by atoms with Crippen LogP contribution in [0.25, 0.3) is 0 Å². The zero-order valence-corrected chi connectivity index (χ0v) is 12.7. The molecule has 2 aromatic rings. The molecule has 0 fully saturated rings. The lowest BCUT2D eigenvalue weighted by Crippen LogP contribution is -2.29. The van der Waals surface area contributed by atoms with E-state index in [1.54, 1.807) is 11.0 Å². The Bertz CT molecular complexity index is 724. The van der Waals surface area contributed by atoms with E-state index >= 15 is 0 Å². The van der Waals surface area contributed by atoms with Crippen molar-refractivity contribution in [3.8, 4) is 11.8 Å². The van der Waals surface area contributed by atoms with Gasteiger partial charge in [-0.25, -0.2) is 0 Å². The third kappa shape index (κ3) is 5.64. The Morgan fingerprint density at radius 1 is 1.00 bits per heavy atom. The molecule has 0 unspecified atom stereocenters. The Balaban J connectivity index is 2.12. The fourth-order valence-corrected chi connectivity index (χ4v) is 1.99. The molecule has 0 aliphatic carbocycles. The van der Waals surface area contributed by atoms with Gasteiger partial charge in [0.15, 0.2) is 0 Å². The van der Waals surface area contributed by atoms with Crippen LogP contribution < -0.4 is 0 Å². The first-order valence-electron chi connectivity index (χ1n) is 7.30. The van der Waals surface area contributed by atoms with Crippen molar-refractivity contribution in [2.45, 2.75) is 6.54 Å². The number of amides is 1. The van der Waals surface area contributed by atoms with E-state index in [0.717, 1.165) is 11.1 Å². The molecule has 0 saturated heterocycles. The predicted octanol–water partition coefficient (Wildman–Crippen LogP) is 2.82. The molecule has 0 bridgehead atoms. The molecule has 114 valence electrons. The highest BCUT2D eigenvalue weighted by Crippen LogP contribution is 2.05. The molecule has 0 N–H and O–H groups in total. The summed E-state index contributed by atoms with van der Waals surface area (Å²) in [4.78, 5) is 24.4. The summed E-state index contributed by atoms with van der Waals surface area (Å²) in [6.45, 7) is 0.794. The fourth-order valence-electron chi connectivity index (χ4n) is 1.99. The summed E-state index contributed by atoms with van der Waals surface area (Å²) in [6, 6.07) is 19.1. The second-order valence-electron chi connectivity index (χ2n) is 4.85. The molecular weight excluding hydrogens is 286 g/mol. The molecule has 0 atom stereocenters. The summed E-state index contributed by atoms with van der Waals surface area (Å²) in [6.07, 6.45) is 3.73. The molecule has 0 aliphatic rings. The van der Waals surface area contributed by atoms with Gasteiger partial charge in [0, 0.05) is 24.6 Å². The maximum Gasteiger partial charge on any atom is 0.299 e.